The maximum Gasteiger partial charge on any atom is 0.147 e. The molecule has 2 atom stereocenters. The summed E-state index contributed by atoms with van der Waals surface area (Å²) in [5.41, 5.74) is 0.778. The number of hydrogen-bond donors (Lipinski definition) is 2. The van der Waals surface area contributed by atoms with Gasteiger partial charge in [0.05, 0.1) is 30.3 Å². The molecule has 0 aromatic carbocycles. The van der Waals surface area contributed by atoms with Crippen molar-refractivity contribution in [2.75, 3.05) is 13.1 Å². The van der Waals surface area contributed by atoms with Gasteiger partial charge in [-0.25, -0.2) is 4.98 Å². The van der Waals surface area contributed by atoms with Crippen molar-refractivity contribution in [2.45, 2.75) is 18.8 Å². The Hall–Kier alpha value is -0.750. The van der Waals surface area contributed by atoms with Gasteiger partial charge >= 0.3 is 0 Å². The standard InChI is InChI=1S/C9H12ClN3O2/c10-9-2-11-6(1-12-9)3-13-4-7(14)8(15)5-13/h1-2,7-8,14-15H,3-5H2. The highest BCUT2D eigenvalue weighted by atomic mass is 35.5. The van der Waals surface area contributed by atoms with Crippen LogP contribution in [0.2, 0.25) is 5.15 Å². The minimum absolute atomic E-state index is 0.361. The van der Waals surface area contributed by atoms with Crippen molar-refractivity contribution in [2.24, 2.45) is 0 Å². The molecule has 0 radical (unpaired) electrons. The number of aliphatic hydroxyl groups is 2. The molecule has 0 spiro atoms. The third-order valence-electron chi connectivity index (χ3n) is 2.39. The van der Waals surface area contributed by atoms with Crippen molar-refractivity contribution in [1.82, 2.24) is 14.9 Å². The van der Waals surface area contributed by atoms with Crippen LogP contribution in [-0.4, -0.2) is 50.4 Å². The summed E-state index contributed by atoms with van der Waals surface area (Å²) in [5.74, 6) is 0. The quantitative estimate of drug-likeness (QED) is 0.727. The van der Waals surface area contributed by atoms with E-state index in [4.69, 9.17) is 11.6 Å². The smallest absolute Gasteiger partial charge is 0.147 e. The summed E-state index contributed by atoms with van der Waals surface area (Å²) in [6.45, 7) is 1.50. The van der Waals surface area contributed by atoms with Gasteiger partial charge in [-0.3, -0.25) is 9.88 Å². The van der Waals surface area contributed by atoms with Crippen LogP contribution in [0.3, 0.4) is 0 Å². The zero-order valence-electron chi connectivity index (χ0n) is 8.04. The molecular weight excluding hydrogens is 218 g/mol. The van der Waals surface area contributed by atoms with E-state index in [2.05, 4.69) is 9.97 Å². The van der Waals surface area contributed by atoms with E-state index in [1.165, 1.54) is 6.20 Å². The summed E-state index contributed by atoms with van der Waals surface area (Å²) in [7, 11) is 0. The second-order valence-corrected chi connectivity index (χ2v) is 4.05. The molecule has 2 rings (SSSR count). The van der Waals surface area contributed by atoms with Gasteiger partial charge in [-0.05, 0) is 0 Å². The molecule has 5 nitrogen and oxygen atoms in total. The van der Waals surface area contributed by atoms with E-state index >= 15 is 0 Å². The summed E-state index contributed by atoms with van der Waals surface area (Å²) in [5, 5.41) is 19.0. The molecule has 2 N–H and O–H groups in total. The second-order valence-electron chi connectivity index (χ2n) is 3.66. The normalized spacial score (nSPS) is 27.1. The third kappa shape index (κ3) is 2.63. The molecule has 2 unspecified atom stereocenters. The van der Waals surface area contributed by atoms with Gasteiger partial charge in [0.15, 0.2) is 0 Å². The molecule has 1 aromatic heterocycles. The Kier molecular flexibility index (Phi) is 3.16. The van der Waals surface area contributed by atoms with Crippen molar-refractivity contribution in [3.8, 4) is 0 Å². The SMILES string of the molecule is OC1CN(Cc2cnc(Cl)cn2)CC1O. The second kappa shape index (κ2) is 4.40. The molecule has 6 heteroatoms. The average molecular weight is 230 g/mol. The van der Waals surface area contributed by atoms with Crippen LogP contribution in [0.1, 0.15) is 5.69 Å². The molecule has 0 aliphatic carbocycles. The molecule has 0 amide bonds. The Labute approximate surface area is 92.3 Å². The Bertz CT molecular complexity index is 323. The molecule has 82 valence electrons. The van der Waals surface area contributed by atoms with Crippen LogP contribution in [0, 0.1) is 0 Å². The Morgan fingerprint density at radius 3 is 2.47 bits per heavy atom. The van der Waals surface area contributed by atoms with E-state index in [0.29, 0.717) is 24.8 Å². The zero-order chi connectivity index (χ0) is 10.8. The van der Waals surface area contributed by atoms with Gasteiger partial charge in [0.2, 0.25) is 0 Å². The largest absolute Gasteiger partial charge is 0.389 e. The van der Waals surface area contributed by atoms with Crippen LogP contribution >= 0.6 is 11.6 Å². The highest BCUT2D eigenvalue weighted by Crippen LogP contribution is 2.13. The van der Waals surface area contributed by atoms with E-state index in [1.54, 1.807) is 6.20 Å². The van der Waals surface area contributed by atoms with Crippen LogP contribution in [0.15, 0.2) is 12.4 Å². The minimum Gasteiger partial charge on any atom is -0.389 e. The van der Waals surface area contributed by atoms with Gasteiger partial charge in [0.25, 0.3) is 0 Å². The molecule has 1 aliphatic rings. The van der Waals surface area contributed by atoms with Gasteiger partial charge < -0.3 is 10.2 Å². The maximum atomic E-state index is 9.34. The van der Waals surface area contributed by atoms with Gasteiger partial charge in [-0.2, -0.15) is 0 Å². The monoisotopic (exact) mass is 229 g/mol. The lowest BCUT2D eigenvalue weighted by atomic mass is 10.3. The first-order valence-electron chi connectivity index (χ1n) is 4.70. The minimum atomic E-state index is -0.662. The molecule has 0 bridgehead atoms. The lowest BCUT2D eigenvalue weighted by molar-refractivity contribution is 0.0572. The third-order valence-corrected chi connectivity index (χ3v) is 2.59. The molecule has 0 saturated carbocycles. The first kappa shape index (κ1) is 10.8. The summed E-state index contributed by atoms with van der Waals surface area (Å²) in [6.07, 6.45) is 1.76. The first-order chi connectivity index (χ1) is 7.15. The van der Waals surface area contributed by atoms with Crippen LogP contribution in [0.5, 0.6) is 0 Å². The van der Waals surface area contributed by atoms with Crippen LogP contribution < -0.4 is 0 Å². The number of nitrogens with zero attached hydrogens (tertiary/aromatic N) is 3. The predicted octanol–water partition coefficient (Wildman–Crippen LogP) is -0.333. The Morgan fingerprint density at radius 1 is 1.27 bits per heavy atom. The van der Waals surface area contributed by atoms with Gasteiger partial charge in [-0.15, -0.1) is 0 Å². The molecular formula is C9H12ClN3O2. The van der Waals surface area contributed by atoms with Crippen molar-refractivity contribution >= 4 is 11.6 Å². The van der Waals surface area contributed by atoms with Crippen molar-refractivity contribution in [3.05, 3.63) is 23.2 Å². The summed E-state index contributed by atoms with van der Waals surface area (Å²) in [4.78, 5) is 9.93. The van der Waals surface area contributed by atoms with Gasteiger partial charge in [-0.1, -0.05) is 11.6 Å². The zero-order valence-corrected chi connectivity index (χ0v) is 8.80. The van der Waals surface area contributed by atoms with Crippen molar-refractivity contribution < 1.29 is 10.2 Å². The average Bonchev–Trinajstić information content (AvgIpc) is 2.50. The highest BCUT2D eigenvalue weighted by Gasteiger charge is 2.29. The maximum absolute atomic E-state index is 9.34. The van der Waals surface area contributed by atoms with Gasteiger partial charge in [0.1, 0.15) is 5.15 Å². The van der Waals surface area contributed by atoms with Gasteiger partial charge in [0, 0.05) is 19.6 Å². The van der Waals surface area contributed by atoms with E-state index in [0.717, 1.165) is 5.69 Å². The molecule has 15 heavy (non-hydrogen) atoms. The number of likely N-dealkylation sites (tertiary alicyclic amines) is 1. The number of rotatable bonds is 2. The first-order valence-corrected chi connectivity index (χ1v) is 5.08. The topological polar surface area (TPSA) is 69.5 Å². The van der Waals surface area contributed by atoms with Crippen molar-refractivity contribution in [3.63, 3.8) is 0 Å². The number of aliphatic hydroxyl groups excluding tert-OH is 2. The molecule has 2 heterocycles. The summed E-state index contributed by atoms with van der Waals surface area (Å²) >= 11 is 5.61. The van der Waals surface area contributed by atoms with E-state index in [9.17, 15) is 10.2 Å². The lowest BCUT2D eigenvalue weighted by Gasteiger charge is -2.13. The molecule has 1 aliphatic heterocycles. The van der Waals surface area contributed by atoms with E-state index in [-0.39, 0.29) is 0 Å². The summed E-state index contributed by atoms with van der Waals surface area (Å²) in [6, 6.07) is 0. The van der Waals surface area contributed by atoms with Crippen LogP contribution in [0.25, 0.3) is 0 Å². The van der Waals surface area contributed by atoms with Crippen LogP contribution in [0.4, 0.5) is 0 Å². The Balaban J connectivity index is 1.95. The number of aromatic nitrogens is 2. The fourth-order valence-electron chi connectivity index (χ4n) is 1.63. The van der Waals surface area contributed by atoms with E-state index < -0.39 is 12.2 Å². The molecule has 1 saturated heterocycles. The molecule has 1 aromatic rings. The lowest BCUT2D eigenvalue weighted by Crippen LogP contribution is -2.22. The Morgan fingerprint density at radius 2 is 1.93 bits per heavy atom. The highest BCUT2D eigenvalue weighted by molar-refractivity contribution is 6.29. The molecule has 1 fully saturated rings. The fourth-order valence-corrected chi connectivity index (χ4v) is 1.72. The number of β-amino-alcohol motifs (C(OH)–C–C–N with tert-alkyl or cyclic N) is 2. The predicted molar refractivity (Wildman–Crippen MR) is 54.3 cm³/mol. The summed E-state index contributed by atoms with van der Waals surface area (Å²) < 4.78 is 0. The number of hydrogen-bond acceptors (Lipinski definition) is 5. The van der Waals surface area contributed by atoms with E-state index in [1.807, 2.05) is 4.90 Å². The number of halogens is 1. The fraction of sp³-hybridized carbons (Fsp3) is 0.556. The van der Waals surface area contributed by atoms with Crippen LogP contribution in [-0.2, 0) is 6.54 Å². The van der Waals surface area contributed by atoms with Crippen molar-refractivity contribution in [1.29, 1.82) is 0 Å².